The van der Waals surface area contributed by atoms with Gasteiger partial charge in [-0.2, -0.15) is 0 Å². The summed E-state index contributed by atoms with van der Waals surface area (Å²) in [6.45, 7) is 1.27. The van der Waals surface area contributed by atoms with Crippen molar-refractivity contribution in [1.82, 2.24) is 4.90 Å². The van der Waals surface area contributed by atoms with E-state index >= 15 is 0 Å². The van der Waals surface area contributed by atoms with Crippen LogP contribution in [0.5, 0.6) is 11.5 Å². The fourth-order valence-corrected chi connectivity index (χ4v) is 6.83. The largest absolute Gasteiger partial charge is 0.493 e. The van der Waals surface area contributed by atoms with Crippen LogP contribution in [0.4, 0.5) is 13.2 Å². The number of hydrogen-bond acceptors (Lipinski definition) is 5. The van der Waals surface area contributed by atoms with Crippen LogP contribution >= 0.6 is 0 Å². The van der Waals surface area contributed by atoms with Gasteiger partial charge in [0, 0.05) is 30.3 Å². The van der Waals surface area contributed by atoms with E-state index in [1.54, 1.807) is 6.07 Å². The molecule has 2 aromatic rings. The molecule has 1 atom stereocenters. The highest BCUT2D eigenvalue weighted by Gasteiger charge is 2.39. The molecule has 1 fully saturated rings. The van der Waals surface area contributed by atoms with Crippen molar-refractivity contribution in [2.24, 2.45) is 5.92 Å². The Hall–Kier alpha value is -2.26. The first-order chi connectivity index (χ1) is 15.2. The van der Waals surface area contributed by atoms with Gasteiger partial charge in [0.15, 0.2) is 21.3 Å². The highest BCUT2D eigenvalue weighted by Crippen LogP contribution is 2.42. The molecule has 2 aliphatic rings. The summed E-state index contributed by atoms with van der Waals surface area (Å²) in [7, 11) is -0.475. The van der Waals surface area contributed by atoms with Gasteiger partial charge in [0.2, 0.25) is 0 Å². The molecule has 0 amide bonds. The van der Waals surface area contributed by atoms with Gasteiger partial charge in [0.1, 0.15) is 17.5 Å². The summed E-state index contributed by atoms with van der Waals surface area (Å²) < 4.78 is 77.8. The van der Waals surface area contributed by atoms with Crippen molar-refractivity contribution in [3.05, 3.63) is 52.8 Å². The van der Waals surface area contributed by atoms with Crippen LogP contribution in [0.2, 0.25) is 0 Å². The number of piperidine rings is 1. The van der Waals surface area contributed by atoms with E-state index in [0.29, 0.717) is 54.5 Å². The lowest BCUT2D eigenvalue weighted by molar-refractivity contribution is 0.168. The second kappa shape index (κ2) is 8.94. The molecule has 0 spiro atoms. The van der Waals surface area contributed by atoms with Crippen molar-refractivity contribution in [3.8, 4) is 11.5 Å². The average molecular weight is 470 g/mol. The molecular weight excluding hydrogens is 443 g/mol. The van der Waals surface area contributed by atoms with Gasteiger partial charge >= 0.3 is 0 Å². The highest BCUT2D eigenvalue weighted by atomic mass is 32.2. The van der Waals surface area contributed by atoms with Crippen molar-refractivity contribution < 1.29 is 31.1 Å². The quantitative estimate of drug-likeness (QED) is 0.637. The Labute approximate surface area is 186 Å². The van der Waals surface area contributed by atoms with E-state index in [9.17, 15) is 21.6 Å². The first kappa shape index (κ1) is 22.9. The van der Waals surface area contributed by atoms with E-state index in [2.05, 4.69) is 0 Å². The number of methoxy groups -OCH3 is 2. The number of sulfone groups is 1. The van der Waals surface area contributed by atoms with Gasteiger partial charge in [0.05, 0.1) is 24.4 Å². The minimum atomic E-state index is -3.46. The Morgan fingerprint density at radius 2 is 1.56 bits per heavy atom. The van der Waals surface area contributed by atoms with Gasteiger partial charge in [-0.1, -0.05) is 0 Å². The van der Waals surface area contributed by atoms with Crippen molar-refractivity contribution >= 4 is 9.84 Å². The molecule has 1 saturated heterocycles. The van der Waals surface area contributed by atoms with E-state index in [1.165, 1.54) is 20.3 Å². The van der Waals surface area contributed by atoms with Crippen molar-refractivity contribution in [2.45, 2.75) is 42.4 Å². The topological polar surface area (TPSA) is 55.8 Å². The zero-order valence-corrected chi connectivity index (χ0v) is 18.9. The third kappa shape index (κ3) is 4.32. The van der Waals surface area contributed by atoms with E-state index < -0.39 is 32.5 Å². The molecule has 5 nitrogen and oxygen atoms in total. The molecule has 1 unspecified atom stereocenters. The molecule has 2 aliphatic heterocycles. The van der Waals surface area contributed by atoms with E-state index in [0.717, 1.165) is 18.4 Å². The van der Waals surface area contributed by atoms with Gasteiger partial charge in [-0.25, -0.2) is 21.6 Å². The molecule has 0 radical (unpaired) electrons. The third-order valence-corrected chi connectivity index (χ3v) is 8.78. The molecule has 0 bridgehead atoms. The SMILES string of the molecule is COc1cc2c(cc1OC)S(=O)(=O)C(CC1CCN(Cc3c(F)cc(F)cc3F)CC1)C2. The maximum atomic E-state index is 13.9. The fourth-order valence-electron chi connectivity index (χ4n) is 4.77. The van der Waals surface area contributed by atoms with Crippen LogP contribution < -0.4 is 9.47 Å². The Bertz CT molecular complexity index is 1090. The number of halogens is 3. The normalized spacial score (nSPS) is 20.8. The molecule has 0 aliphatic carbocycles. The summed E-state index contributed by atoms with van der Waals surface area (Å²) >= 11 is 0. The zero-order chi connectivity index (χ0) is 23.0. The van der Waals surface area contributed by atoms with E-state index in [-0.39, 0.29) is 18.0 Å². The summed E-state index contributed by atoms with van der Waals surface area (Å²) in [5.74, 6) is -1.60. The van der Waals surface area contributed by atoms with Crippen molar-refractivity contribution in [1.29, 1.82) is 0 Å². The summed E-state index contributed by atoms with van der Waals surface area (Å²) in [6, 6.07) is 4.66. The lowest BCUT2D eigenvalue weighted by atomic mass is 9.90. The molecule has 4 rings (SSSR count). The number of likely N-dealkylation sites (tertiary alicyclic amines) is 1. The maximum Gasteiger partial charge on any atom is 0.181 e. The molecular formula is C23H26F3NO4S. The summed E-state index contributed by atoms with van der Waals surface area (Å²) in [6.07, 6.45) is 2.44. The Balaban J connectivity index is 1.39. The molecule has 0 saturated carbocycles. The molecule has 2 heterocycles. The van der Waals surface area contributed by atoms with Gasteiger partial charge < -0.3 is 9.47 Å². The van der Waals surface area contributed by atoms with Crippen LogP contribution in [0.25, 0.3) is 0 Å². The predicted octanol–water partition coefficient (Wildman–Crippen LogP) is 4.12. The summed E-state index contributed by atoms with van der Waals surface area (Å²) in [5.41, 5.74) is 0.605. The molecule has 2 aromatic carbocycles. The first-order valence-electron chi connectivity index (χ1n) is 10.6. The number of benzene rings is 2. The minimum absolute atomic E-state index is 0.0669. The van der Waals surface area contributed by atoms with Crippen LogP contribution in [0, 0.1) is 23.4 Å². The van der Waals surface area contributed by atoms with Gasteiger partial charge in [0.25, 0.3) is 0 Å². The van der Waals surface area contributed by atoms with Crippen LogP contribution in [-0.2, 0) is 22.8 Å². The molecule has 174 valence electrons. The lowest BCUT2D eigenvalue weighted by Crippen LogP contribution is -2.35. The highest BCUT2D eigenvalue weighted by molar-refractivity contribution is 7.92. The Morgan fingerprint density at radius 1 is 0.969 bits per heavy atom. The Morgan fingerprint density at radius 3 is 2.16 bits per heavy atom. The molecule has 9 heteroatoms. The number of hydrogen-bond donors (Lipinski definition) is 0. The van der Waals surface area contributed by atoms with Crippen molar-refractivity contribution in [2.75, 3.05) is 27.3 Å². The van der Waals surface area contributed by atoms with Gasteiger partial charge in [-0.05, 0) is 56.3 Å². The number of fused-ring (bicyclic) bond motifs is 1. The number of nitrogens with zero attached hydrogens (tertiary/aromatic N) is 1. The molecule has 0 N–H and O–H groups in total. The number of ether oxygens (including phenoxy) is 2. The first-order valence-corrected chi connectivity index (χ1v) is 12.1. The lowest BCUT2D eigenvalue weighted by Gasteiger charge is -2.33. The smallest absolute Gasteiger partial charge is 0.181 e. The Kier molecular flexibility index (Phi) is 6.40. The molecule has 0 aromatic heterocycles. The monoisotopic (exact) mass is 469 g/mol. The van der Waals surface area contributed by atoms with Crippen molar-refractivity contribution in [3.63, 3.8) is 0 Å². The predicted molar refractivity (Wildman–Crippen MR) is 113 cm³/mol. The number of rotatable bonds is 6. The zero-order valence-electron chi connectivity index (χ0n) is 18.0. The van der Waals surface area contributed by atoms with Crippen LogP contribution in [0.1, 0.15) is 30.4 Å². The summed E-state index contributed by atoms with van der Waals surface area (Å²) in [4.78, 5) is 2.23. The maximum absolute atomic E-state index is 13.9. The van der Waals surface area contributed by atoms with Crippen LogP contribution in [-0.4, -0.2) is 45.9 Å². The third-order valence-electron chi connectivity index (χ3n) is 6.55. The van der Waals surface area contributed by atoms with Crippen LogP contribution in [0.15, 0.2) is 29.2 Å². The summed E-state index contributed by atoms with van der Waals surface area (Å²) in [5, 5.41) is -0.502. The van der Waals surface area contributed by atoms with E-state index in [1.807, 2.05) is 4.90 Å². The molecule has 32 heavy (non-hydrogen) atoms. The average Bonchev–Trinajstić information content (AvgIpc) is 2.99. The minimum Gasteiger partial charge on any atom is -0.493 e. The van der Waals surface area contributed by atoms with Gasteiger partial charge in [-0.15, -0.1) is 0 Å². The second-order valence-electron chi connectivity index (χ2n) is 8.49. The standard InChI is InChI=1S/C23H26F3NO4S/c1-30-21-9-15-8-17(32(28,29)23(15)12-22(21)31-2)7-14-3-5-27(6-4-14)13-18-19(25)10-16(24)11-20(18)26/h9-12,14,17H,3-8,13H2,1-2H3. The fraction of sp³-hybridized carbons (Fsp3) is 0.478. The van der Waals surface area contributed by atoms with E-state index in [4.69, 9.17) is 9.47 Å². The van der Waals surface area contributed by atoms with Gasteiger partial charge in [-0.3, -0.25) is 4.90 Å². The van der Waals surface area contributed by atoms with Crippen LogP contribution in [0.3, 0.4) is 0 Å². The second-order valence-corrected chi connectivity index (χ2v) is 10.7.